The number of hydrogen-bond donors (Lipinski definition) is 0. The Bertz CT molecular complexity index is 393. The van der Waals surface area contributed by atoms with E-state index in [1.807, 2.05) is 30.9 Å². The van der Waals surface area contributed by atoms with Crippen molar-refractivity contribution in [2.75, 3.05) is 6.54 Å². The molecule has 0 radical (unpaired) electrons. The van der Waals surface area contributed by atoms with E-state index in [1.54, 1.807) is 6.20 Å². The van der Waals surface area contributed by atoms with Crippen LogP contribution >= 0.6 is 0 Å². The van der Waals surface area contributed by atoms with Crippen LogP contribution in [0.4, 0.5) is 0 Å². The van der Waals surface area contributed by atoms with Crippen molar-refractivity contribution >= 4 is 6.41 Å². The van der Waals surface area contributed by atoms with Crippen LogP contribution in [0, 0.1) is 0 Å². The van der Waals surface area contributed by atoms with E-state index in [0.717, 1.165) is 31.4 Å². The van der Waals surface area contributed by atoms with Gasteiger partial charge < -0.3 is 9.64 Å². The number of amides is 1. The number of carbonyl (C=O) groups excluding carboxylic acids is 1. The van der Waals surface area contributed by atoms with Crippen LogP contribution in [0.15, 0.2) is 18.3 Å². The van der Waals surface area contributed by atoms with Crippen LogP contribution in [0.2, 0.25) is 0 Å². The molecule has 1 saturated heterocycles. The molecule has 2 heterocycles. The van der Waals surface area contributed by atoms with E-state index in [9.17, 15) is 4.79 Å². The number of likely N-dealkylation sites (tertiary alicyclic amines) is 1. The lowest BCUT2D eigenvalue weighted by Gasteiger charge is -2.22. The molecule has 1 amide bonds. The third-order valence-electron chi connectivity index (χ3n) is 2.94. The monoisotopic (exact) mass is 234 g/mol. The van der Waals surface area contributed by atoms with E-state index < -0.39 is 0 Å². The number of hydrogen-bond acceptors (Lipinski definition) is 3. The fraction of sp³-hybridized carbons (Fsp3) is 0.538. The molecule has 1 atom stereocenters. The summed E-state index contributed by atoms with van der Waals surface area (Å²) in [6.07, 6.45) is 4.76. The lowest BCUT2D eigenvalue weighted by molar-refractivity contribution is -0.118. The first-order chi connectivity index (χ1) is 8.22. The summed E-state index contributed by atoms with van der Waals surface area (Å²) in [7, 11) is 0. The van der Waals surface area contributed by atoms with E-state index in [4.69, 9.17) is 4.74 Å². The summed E-state index contributed by atoms with van der Waals surface area (Å²) >= 11 is 0. The Morgan fingerprint density at radius 2 is 2.41 bits per heavy atom. The zero-order valence-electron chi connectivity index (χ0n) is 10.3. The number of pyridine rings is 1. The molecular formula is C13H18N2O2. The van der Waals surface area contributed by atoms with Gasteiger partial charge in [0, 0.05) is 18.3 Å². The lowest BCUT2D eigenvalue weighted by atomic mass is 10.1. The Hall–Kier alpha value is -1.58. The van der Waals surface area contributed by atoms with Gasteiger partial charge in [0.25, 0.3) is 0 Å². The molecule has 17 heavy (non-hydrogen) atoms. The second kappa shape index (κ2) is 5.17. The molecule has 1 aliphatic rings. The van der Waals surface area contributed by atoms with Crippen LogP contribution in [-0.2, 0) is 4.79 Å². The number of nitrogens with zero attached hydrogens (tertiary/aromatic N) is 2. The number of carbonyl (C=O) groups is 1. The predicted octanol–water partition coefficient (Wildman–Crippen LogP) is 2.16. The van der Waals surface area contributed by atoms with E-state index >= 15 is 0 Å². The largest absolute Gasteiger partial charge is 0.475 e. The normalized spacial score (nSPS) is 19.7. The van der Waals surface area contributed by atoms with Crippen molar-refractivity contribution in [2.24, 2.45) is 0 Å². The predicted molar refractivity (Wildman–Crippen MR) is 64.7 cm³/mol. The van der Waals surface area contributed by atoms with Gasteiger partial charge in [-0.15, -0.1) is 0 Å². The molecule has 1 fully saturated rings. The first kappa shape index (κ1) is 11.9. The minimum absolute atomic E-state index is 0.0923. The van der Waals surface area contributed by atoms with Gasteiger partial charge >= 0.3 is 0 Å². The summed E-state index contributed by atoms with van der Waals surface area (Å²) in [5.41, 5.74) is 1.02. The molecule has 1 unspecified atom stereocenters. The SMILES string of the molecule is CC(C)Oc1ncccc1C1CCCN1C=O. The molecule has 0 saturated carbocycles. The van der Waals surface area contributed by atoms with Gasteiger partial charge in [0.15, 0.2) is 0 Å². The molecule has 1 aromatic rings. The van der Waals surface area contributed by atoms with Crippen LogP contribution in [0.25, 0.3) is 0 Å². The molecule has 0 N–H and O–H groups in total. The molecule has 0 aromatic carbocycles. The van der Waals surface area contributed by atoms with Gasteiger partial charge in [-0.2, -0.15) is 0 Å². The van der Waals surface area contributed by atoms with Gasteiger partial charge in [-0.1, -0.05) is 6.07 Å². The van der Waals surface area contributed by atoms with Gasteiger partial charge in [-0.25, -0.2) is 4.98 Å². The Balaban J connectivity index is 2.27. The summed E-state index contributed by atoms with van der Waals surface area (Å²) in [5, 5.41) is 0. The van der Waals surface area contributed by atoms with Gasteiger partial charge in [-0.05, 0) is 32.8 Å². The zero-order valence-corrected chi connectivity index (χ0v) is 10.3. The topological polar surface area (TPSA) is 42.4 Å². The molecule has 0 aliphatic carbocycles. The average Bonchev–Trinajstić information content (AvgIpc) is 2.77. The lowest BCUT2D eigenvalue weighted by Crippen LogP contribution is -2.22. The Kier molecular flexibility index (Phi) is 3.61. The van der Waals surface area contributed by atoms with Crippen molar-refractivity contribution < 1.29 is 9.53 Å². The van der Waals surface area contributed by atoms with Gasteiger partial charge in [0.1, 0.15) is 0 Å². The number of rotatable bonds is 4. The fourth-order valence-corrected chi connectivity index (χ4v) is 2.23. The molecule has 4 heteroatoms. The Morgan fingerprint density at radius 3 is 3.12 bits per heavy atom. The number of aromatic nitrogens is 1. The highest BCUT2D eigenvalue weighted by Crippen LogP contribution is 2.35. The Labute approximate surface area is 102 Å². The summed E-state index contributed by atoms with van der Waals surface area (Å²) in [6, 6.07) is 4.01. The average molecular weight is 234 g/mol. The van der Waals surface area contributed by atoms with Crippen molar-refractivity contribution in [2.45, 2.75) is 38.8 Å². The van der Waals surface area contributed by atoms with Crippen LogP contribution in [0.5, 0.6) is 5.88 Å². The highest BCUT2D eigenvalue weighted by molar-refractivity contribution is 5.50. The maximum absolute atomic E-state index is 11.0. The maximum atomic E-state index is 11.0. The van der Waals surface area contributed by atoms with Crippen LogP contribution in [-0.4, -0.2) is 28.9 Å². The standard InChI is InChI=1S/C13H18N2O2/c1-10(2)17-13-11(5-3-7-14-13)12-6-4-8-15(12)9-16/h3,5,7,9-10,12H,4,6,8H2,1-2H3. The first-order valence-electron chi connectivity index (χ1n) is 6.05. The molecule has 4 nitrogen and oxygen atoms in total. The Morgan fingerprint density at radius 1 is 1.59 bits per heavy atom. The first-order valence-corrected chi connectivity index (χ1v) is 6.05. The second-order valence-corrected chi connectivity index (χ2v) is 4.57. The van der Waals surface area contributed by atoms with Gasteiger partial charge in [0.05, 0.1) is 12.1 Å². The highest BCUT2D eigenvalue weighted by Gasteiger charge is 2.27. The minimum atomic E-state index is 0.0923. The van der Waals surface area contributed by atoms with Crippen molar-refractivity contribution in [3.8, 4) is 5.88 Å². The third kappa shape index (κ3) is 2.57. The summed E-state index contributed by atoms with van der Waals surface area (Å²) in [4.78, 5) is 17.1. The quantitative estimate of drug-likeness (QED) is 0.750. The second-order valence-electron chi connectivity index (χ2n) is 4.57. The fourth-order valence-electron chi connectivity index (χ4n) is 2.23. The molecule has 1 aromatic heterocycles. The summed E-state index contributed by atoms with van der Waals surface area (Å²) < 4.78 is 5.70. The van der Waals surface area contributed by atoms with E-state index in [2.05, 4.69) is 4.98 Å². The molecule has 2 rings (SSSR count). The number of ether oxygens (including phenoxy) is 1. The van der Waals surface area contributed by atoms with Crippen molar-refractivity contribution in [1.82, 2.24) is 9.88 Å². The summed E-state index contributed by atoms with van der Waals surface area (Å²) in [5.74, 6) is 0.654. The van der Waals surface area contributed by atoms with E-state index in [0.29, 0.717) is 5.88 Å². The zero-order chi connectivity index (χ0) is 12.3. The van der Waals surface area contributed by atoms with Crippen molar-refractivity contribution in [3.63, 3.8) is 0 Å². The minimum Gasteiger partial charge on any atom is -0.475 e. The van der Waals surface area contributed by atoms with Gasteiger partial charge in [0.2, 0.25) is 12.3 Å². The van der Waals surface area contributed by atoms with Crippen LogP contribution < -0.4 is 4.74 Å². The third-order valence-corrected chi connectivity index (χ3v) is 2.94. The van der Waals surface area contributed by atoms with Crippen molar-refractivity contribution in [1.29, 1.82) is 0 Å². The molecule has 0 bridgehead atoms. The molecule has 92 valence electrons. The maximum Gasteiger partial charge on any atom is 0.218 e. The van der Waals surface area contributed by atoms with Crippen molar-refractivity contribution in [3.05, 3.63) is 23.9 Å². The van der Waals surface area contributed by atoms with Crippen LogP contribution in [0.3, 0.4) is 0 Å². The van der Waals surface area contributed by atoms with E-state index in [-0.39, 0.29) is 12.1 Å². The molecule has 0 spiro atoms. The molecular weight excluding hydrogens is 216 g/mol. The smallest absolute Gasteiger partial charge is 0.218 e. The van der Waals surface area contributed by atoms with Crippen LogP contribution in [0.1, 0.15) is 38.3 Å². The van der Waals surface area contributed by atoms with E-state index in [1.165, 1.54) is 0 Å². The summed E-state index contributed by atoms with van der Waals surface area (Å²) in [6.45, 7) is 4.78. The highest BCUT2D eigenvalue weighted by atomic mass is 16.5. The molecule has 1 aliphatic heterocycles. The van der Waals surface area contributed by atoms with Gasteiger partial charge in [-0.3, -0.25) is 4.79 Å².